The van der Waals surface area contributed by atoms with Crippen molar-refractivity contribution in [2.24, 2.45) is 5.92 Å². The minimum Gasteiger partial charge on any atom is -0.463 e. The topological polar surface area (TPSA) is 79.8 Å². The van der Waals surface area contributed by atoms with Crippen LogP contribution in [-0.4, -0.2) is 35.1 Å². The third kappa shape index (κ3) is 2.64. The number of fused-ring (bicyclic) bond motifs is 1. The summed E-state index contributed by atoms with van der Waals surface area (Å²) in [7, 11) is 0. The highest BCUT2D eigenvalue weighted by molar-refractivity contribution is 6.35. The van der Waals surface area contributed by atoms with Crippen molar-refractivity contribution in [1.29, 1.82) is 0 Å². The van der Waals surface area contributed by atoms with Crippen LogP contribution in [0.25, 0.3) is 11.0 Å². The van der Waals surface area contributed by atoms with E-state index in [1.807, 2.05) is 0 Å². The fourth-order valence-electron chi connectivity index (χ4n) is 2.29. The first kappa shape index (κ1) is 14.0. The number of carbonyl (C=O) groups excluding carboxylic acids is 1. The number of hydrogen-bond donors (Lipinski definition) is 1. The number of rotatable bonds is 5. The maximum atomic E-state index is 12.3. The van der Waals surface area contributed by atoms with Crippen LogP contribution in [-0.2, 0) is 9.53 Å². The molecule has 2 atom stereocenters. The molecule has 21 heavy (non-hydrogen) atoms. The van der Waals surface area contributed by atoms with E-state index in [4.69, 9.17) is 25.9 Å². The molecule has 1 fully saturated rings. The number of carbonyl (C=O) groups is 1. The maximum absolute atomic E-state index is 12.3. The van der Waals surface area contributed by atoms with Crippen LogP contribution >= 0.6 is 11.6 Å². The Hall–Kier alpha value is -1.92. The first-order valence-electron chi connectivity index (χ1n) is 6.52. The molecule has 1 aliphatic rings. The highest BCUT2D eigenvalue weighted by Gasteiger charge is 2.56. The van der Waals surface area contributed by atoms with Gasteiger partial charge in [-0.2, -0.15) is 0 Å². The highest BCUT2D eigenvalue weighted by atomic mass is 35.5. The number of esters is 1. The lowest BCUT2D eigenvalue weighted by Gasteiger charge is -1.99. The van der Waals surface area contributed by atoms with Gasteiger partial charge in [-0.15, -0.1) is 0 Å². The fraction of sp³-hybridized carbons (Fsp3) is 0.357. The molecule has 1 N–H and O–H groups in total. The van der Waals surface area contributed by atoms with Crippen molar-refractivity contribution in [2.75, 3.05) is 13.2 Å². The van der Waals surface area contributed by atoms with Gasteiger partial charge in [0.1, 0.15) is 12.5 Å². The van der Waals surface area contributed by atoms with Crippen LogP contribution < -0.4 is 0 Å². The number of hydrogen-bond acceptors (Lipinski definition) is 5. The molecule has 0 amide bonds. The lowest BCUT2D eigenvalue weighted by atomic mass is 10.2. The van der Waals surface area contributed by atoms with Gasteiger partial charge in [-0.3, -0.25) is 4.79 Å². The fourth-order valence-corrected chi connectivity index (χ4v) is 2.55. The summed E-state index contributed by atoms with van der Waals surface area (Å²) in [6, 6.07) is 4.47. The van der Waals surface area contributed by atoms with Crippen molar-refractivity contribution in [3.8, 4) is 0 Å². The monoisotopic (exact) mass is 310 g/mol. The minimum atomic E-state index is -0.453. The second-order valence-corrected chi connectivity index (χ2v) is 5.30. The highest BCUT2D eigenvalue weighted by Crippen LogP contribution is 2.39. The molecule has 6 nitrogen and oxygen atoms in total. The molecule has 110 valence electrons. The summed E-state index contributed by atoms with van der Waals surface area (Å²) in [5, 5.41) is 9.70. The number of nitroso groups, excluding NO2 is 1. The van der Waals surface area contributed by atoms with Gasteiger partial charge in [0, 0.05) is 33.6 Å². The van der Waals surface area contributed by atoms with Gasteiger partial charge in [0.2, 0.25) is 6.04 Å². The van der Waals surface area contributed by atoms with Gasteiger partial charge in [-0.1, -0.05) is 11.6 Å². The average molecular weight is 311 g/mol. The largest absolute Gasteiger partial charge is 0.463 e. The van der Waals surface area contributed by atoms with Crippen molar-refractivity contribution in [3.63, 3.8) is 0 Å². The normalized spacial score (nSPS) is 20.5. The molecule has 0 aliphatic heterocycles. The first-order valence-corrected chi connectivity index (χ1v) is 6.90. The molecular weight excluding hydrogens is 298 g/mol. The quantitative estimate of drug-likeness (QED) is 0.677. The van der Waals surface area contributed by atoms with E-state index in [1.165, 1.54) is 12.3 Å². The molecule has 0 spiro atoms. The van der Waals surface area contributed by atoms with E-state index in [2.05, 4.69) is 0 Å². The number of aliphatic hydroxyl groups is 1. The Labute approximate surface area is 124 Å². The van der Waals surface area contributed by atoms with Gasteiger partial charge in [-0.05, 0) is 6.07 Å². The molecule has 1 saturated carbocycles. The van der Waals surface area contributed by atoms with Crippen LogP contribution in [0.15, 0.2) is 28.9 Å². The van der Waals surface area contributed by atoms with E-state index in [-0.39, 0.29) is 13.2 Å². The summed E-state index contributed by atoms with van der Waals surface area (Å²) in [4.78, 5) is 23.9. The summed E-state index contributed by atoms with van der Waals surface area (Å²) in [5.41, 5.74) is 0.917. The van der Waals surface area contributed by atoms with Crippen molar-refractivity contribution >= 4 is 34.2 Å². The molecule has 2 unspecified atom stereocenters. The Balaban J connectivity index is 1.75. The second-order valence-electron chi connectivity index (χ2n) is 4.89. The summed E-state index contributed by atoms with van der Waals surface area (Å²) in [5.74, 6) is -0.904. The Morgan fingerprint density at radius 3 is 3.10 bits per heavy atom. The number of halogens is 1. The number of furan rings is 1. The lowest BCUT2D eigenvalue weighted by molar-refractivity contribution is -0.480. The third-order valence-electron chi connectivity index (χ3n) is 3.44. The van der Waals surface area contributed by atoms with Crippen LogP contribution in [0, 0.1) is 10.8 Å². The third-order valence-corrected chi connectivity index (χ3v) is 3.72. The molecule has 2 aromatic rings. The van der Waals surface area contributed by atoms with E-state index in [1.54, 1.807) is 12.1 Å². The zero-order valence-electron chi connectivity index (χ0n) is 11.0. The molecule has 3 rings (SSSR count). The van der Waals surface area contributed by atoms with Crippen molar-refractivity contribution in [2.45, 2.75) is 12.5 Å². The van der Waals surface area contributed by atoms with Crippen LogP contribution in [0.3, 0.4) is 0 Å². The van der Waals surface area contributed by atoms with Crippen LogP contribution in [0.2, 0.25) is 5.02 Å². The van der Waals surface area contributed by atoms with Gasteiger partial charge in [0.25, 0.3) is 5.69 Å². The van der Waals surface area contributed by atoms with E-state index in [0.29, 0.717) is 22.7 Å². The predicted octanol–water partition coefficient (Wildman–Crippen LogP) is 2.42. The molecule has 1 aliphatic carbocycles. The van der Waals surface area contributed by atoms with Gasteiger partial charge in [0.15, 0.2) is 5.58 Å². The maximum Gasteiger partial charge on any atom is 0.316 e. The summed E-state index contributed by atoms with van der Waals surface area (Å²) in [6.07, 6.45) is 1.94. The molecule has 1 aromatic heterocycles. The lowest BCUT2D eigenvalue weighted by Crippen LogP contribution is -2.16. The summed E-state index contributed by atoms with van der Waals surface area (Å²) >= 11 is 6.06. The Bertz CT molecular complexity index is 710. The minimum absolute atomic E-state index is 0.0479. The van der Waals surface area contributed by atoms with Crippen LogP contribution in [0.1, 0.15) is 6.42 Å². The number of ether oxygens (including phenoxy) is 1. The van der Waals surface area contributed by atoms with Crippen LogP contribution in [0.4, 0.5) is 5.69 Å². The van der Waals surface area contributed by atoms with E-state index in [0.717, 1.165) is 10.1 Å². The molecule has 1 aromatic carbocycles. The van der Waals surface area contributed by atoms with Crippen molar-refractivity contribution in [3.05, 3.63) is 34.4 Å². The van der Waals surface area contributed by atoms with E-state index in [9.17, 15) is 9.70 Å². The van der Waals surface area contributed by atoms with E-state index < -0.39 is 17.9 Å². The zero-order valence-corrected chi connectivity index (χ0v) is 11.7. The van der Waals surface area contributed by atoms with Gasteiger partial charge in [-0.25, -0.2) is 0 Å². The molecule has 0 radical (unpaired) electrons. The predicted molar refractivity (Wildman–Crippen MR) is 74.5 cm³/mol. The van der Waals surface area contributed by atoms with Crippen molar-refractivity contribution < 1.29 is 23.8 Å². The molecule has 0 saturated heterocycles. The first-order chi connectivity index (χ1) is 10.1. The number of benzene rings is 1. The van der Waals surface area contributed by atoms with Gasteiger partial charge < -0.3 is 14.3 Å². The number of nitrogens with zero attached hydrogens (tertiary/aromatic N) is 1. The Morgan fingerprint density at radius 1 is 1.52 bits per heavy atom. The van der Waals surface area contributed by atoms with E-state index >= 15 is 0 Å². The molecule has 7 heteroatoms. The van der Waals surface area contributed by atoms with Crippen LogP contribution in [0.5, 0.6) is 0 Å². The average Bonchev–Trinajstić information content (AvgIpc) is 3.13. The van der Waals surface area contributed by atoms with Gasteiger partial charge in [0.05, 0.1) is 17.9 Å². The van der Waals surface area contributed by atoms with Gasteiger partial charge >= 0.3 is 5.97 Å². The molecule has 0 bridgehead atoms. The summed E-state index contributed by atoms with van der Waals surface area (Å²) in [6.45, 7) is -0.273. The second kappa shape index (κ2) is 5.46. The van der Waals surface area contributed by atoms with Crippen molar-refractivity contribution in [1.82, 2.24) is 0 Å². The SMILES string of the molecule is O=C(OCCO)C1CC1[N+](=O)c1cc(Cl)c2occc2c1. The zero-order chi connectivity index (χ0) is 15.0. The number of aliphatic hydroxyl groups excluding tert-OH is 1. The Morgan fingerprint density at radius 2 is 2.33 bits per heavy atom. The smallest absolute Gasteiger partial charge is 0.316 e. The molecule has 1 heterocycles. The Kier molecular flexibility index (Phi) is 3.65. The molecular formula is C14H13ClNO5+. The standard InChI is InChI=1S/C14H13ClNO5/c15-11-6-9(5-8-1-3-20-13(8)11)16(19)12-7-10(12)14(18)21-4-2-17/h1,3,5-6,10,12,17H,2,4,7H2/q+1. The summed E-state index contributed by atoms with van der Waals surface area (Å²) < 4.78 is 10.8.